The molecule has 2 aliphatic rings. The van der Waals surface area contributed by atoms with E-state index < -0.39 is 12.0 Å². The molecular weight excluding hydrogens is 366 g/mol. The van der Waals surface area contributed by atoms with E-state index >= 15 is 0 Å². The van der Waals surface area contributed by atoms with E-state index in [1.54, 1.807) is 13.0 Å². The molecule has 1 aromatic carbocycles. The number of likely N-dealkylation sites (tertiary alicyclic amines) is 1. The first-order chi connectivity index (χ1) is 13.1. The van der Waals surface area contributed by atoms with Crippen LogP contribution in [0.1, 0.15) is 44.2 Å². The van der Waals surface area contributed by atoms with Gasteiger partial charge in [-0.2, -0.15) is 0 Å². The van der Waals surface area contributed by atoms with Crippen molar-refractivity contribution in [1.29, 1.82) is 0 Å². The second-order valence-electron chi connectivity index (χ2n) is 6.86. The van der Waals surface area contributed by atoms with Crippen molar-refractivity contribution >= 4 is 23.6 Å². The van der Waals surface area contributed by atoms with E-state index in [0.717, 1.165) is 25.9 Å². The fourth-order valence-corrected chi connectivity index (χ4v) is 3.90. The summed E-state index contributed by atoms with van der Waals surface area (Å²) in [6.45, 7) is 4.47. The zero-order valence-corrected chi connectivity index (χ0v) is 16.3. The monoisotopic (exact) mass is 391 g/mol. The predicted octanol–water partition coefficient (Wildman–Crippen LogP) is 3.39. The summed E-state index contributed by atoms with van der Waals surface area (Å²) in [6, 6.07) is 6.27. The molecule has 0 unspecified atom stereocenters. The van der Waals surface area contributed by atoms with Crippen LogP contribution in [0.2, 0.25) is 5.02 Å². The lowest BCUT2D eigenvalue weighted by molar-refractivity contribution is -0.139. The molecule has 2 aliphatic heterocycles. The summed E-state index contributed by atoms with van der Waals surface area (Å²) in [6.07, 6.45) is 4.69. The summed E-state index contributed by atoms with van der Waals surface area (Å²) >= 11 is 6.36. The average molecular weight is 392 g/mol. The Hall–Kier alpha value is -2.05. The number of carbonyl (C=O) groups excluding carboxylic acids is 2. The molecule has 3 rings (SSSR count). The molecular formula is C20H26ClN3O3. The van der Waals surface area contributed by atoms with Crippen LogP contribution in [0.5, 0.6) is 0 Å². The first kappa shape index (κ1) is 19.7. The predicted molar refractivity (Wildman–Crippen MR) is 104 cm³/mol. The maximum Gasteiger partial charge on any atom is 0.338 e. The van der Waals surface area contributed by atoms with Crippen molar-refractivity contribution in [1.82, 2.24) is 15.5 Å². The zero-order valence-electron chi connectivity index (χ0n) is 15.6. The number of nitrogens with one attached hydrogen (secondary N) is 2. The van der Waals surface area contributed by atoms with Gasteiger partial charge in [0.25, 0.3) is 0 Å². The topological polar surface area (TPSA) is 70.7 Å². The van der Waals surface area contributed by atoms with Gasteiger partial charge in [0, 0.05) is 17.3 Å². The summed E-state index contributed by atoms with van der Waals surface area (Å²) in [4.78, 5) is 27.4. The van der Waals surface area contributed by atoms with Crippen molar-refractivity contribution < 1.29 is 14.3 Å². The normalized spacial score (nSPS) is 21.3. The van der Waals surface area contributed by atoms with Crippen LogP contribution in [0.15, 0.2) is 35.5 Å². The van der Waals surface area contributed by atoms with Crippen LogP contribution in [0, 0.1) is 0 Å². The summed E-state index contributed by atoms with van der Waals surface area (Å²) in [7, 11) is 0. The van der Waals surface area contributed by atoms with Gasteiger partial charge in [0.05, 0.1) is 18.2 Å². The number of hydrogen-bond acceptors (Lipinski definition) is 4. The lowest BCUT2D eigenvalue weighted by Gasteiger charge is -2.32. The number of hydrogen-bond donors (Lipinski definition) is 2. The minimum atomic E-state index is -0.631. The third-order valence-electron chi connectivity index (χ3n) is 4.95. The van der Waals surface area contributed by atoms with Crippen LogP contribution in [0.3, 0.4) is 0 Å². The maximum absolute atomic E-state index is 12.8. The van der Waals surface area contributed by atoms with Gasteiger partial charge in [-0.1, -0.05) is 42.6 Å². The van der Waals surface area contributed by atoms with Gasteiger partial charge in [-0.3, -0.25) is 4.90 Å². The van der Waals surface area contributed by atoms with E-state index in [9.17, 15) is 9.59 Å². The Bertz CT molecular complexity index is 727. The highest BCUT2D eigenvalue weighted by molar-refractivity contribution is 6.31. The largest absolute Gasteiger partial charge is 0.463 e. The molecule has 1 fully saturated rings. The molecule has 0 saturated carbocycles. The second-order valence-corrected chi connectivity index (χ2v) is 7.26. The molecule has 27 heavy (non-hydrogen) atoms. The van der Waals surface area contributed by atoms with Crippen molar-refractivity contribution in [3.63, 3.8) is 0 Å². The Morgan fingerprint density at radius 2 is 1.93 bits per heavy atom. The lowest BCUT2D eigenvalue weighted by atomic mass is 9.95. The van der Waals surface area contributed by atoms with E-state index in [-0.39, 0.29) is 12.6 Å². The van der Waals surface area contributed by atoms with Crippen molar-refractivity contribution in [2.75, 3.05) is 26.2 Å². The van der Waals surface area contributed by atoms with Crippen molar-refractivity contribution in [2.45, 2.75) is 38.6 Å². The third kappa shape index (κ3) is 4.82. The second kappa shape index (κ2) is 9.24. The molecule has 2 amide bonds. The molecule has 0 spiro atoms. The summed E-state index contributed by atoms with van der Waals surface area (Å²) in [5.74, 6) is -0.431. The Morgan fingerprint density at radius 1 is 1.22 bits per heavy atom. The Labute approximate surface area is 164 Å². The number of ether oxygens (including phenoxy) is 1. The van der Waals surface area contributed by atoms with E-state index in [2.05, 4.69) is 15.5 Å². The first-order valence-electron chi connectivity index (χ1n) is 9.54. The van der Waals surface area contributed by atoms with Crippen molar-refractivity contribution in [3.8, 4) is 0 Å². The molecule has 0 aromatic heterocycles. The fourth-order valence-electron chi connectivity index (χ4n) is 3.65. The Kier molecular flexibility index (Phi) is 6.74. The molecule has 1 aromatic rings. The Morgan fingerprint density at radius 3 is 2.59 bits per heavy atom. The van der Waals surface area contributed by atoms with Crippen LogP contribution in [0.4, 0.5) is 4.79 Å². The number of benzene rings is 1. The number of amides is 2. The molecule has 1 saturated heterocycles. The van der Waals surface area contributed by atoms with E-state index in [0.29, 0.717) is 28.4 Å². The number of carbonyl (C=O) groups is 2. The molecule has 0 radical (unpaired) electrons. The summed E-state index contributed by atoms with van der Waals surface area (Å²) in [5.41, 5.74) is 1.71. The highest BCUT2D eigenvalue weighted by Crippen LogP contribution is 2.32. The smallest absolute Gasteiger partial charge is 0.338 e. The Balaban J connectivity index is 1.99. The minimum absolute atomic E-state index is 0.266. The summed E-state index contributed by atoms with van der Waals surface area (Å²) in [5, 5.41) is 6.17. The molecule has 0 aliphatic carbocycles. The molecule has 6 nitrogen and oxygen atoms in total. The molecule has 2 N–H and O–H groups in total. The van der Waals surface area contributed by atoms with Gasteiger partial charge in [-0.05, 0) is 44.5 Å². The minimum Gasteiger partial charge on any atom is -0.463 e. The van der Waals surface area contributed by atoms with E-state index in [1.807, 2.05) is 18.2 Å². The molecule has 146 valence electrons. The zero-order chi connectivity index (χ0) is 19.2. The van der Waals surface area contributed by atoms with Gasteiger partial charge >= 0.3 is 12.0 Å². The highest BCUT2D eigenvalue weighted by Gasteiger charge is 2.35. The standard InChI is InChI=1S/C20H26ClN3O3/c1-2-27-19(25)17-16(13-24-11-7-3-4-8-12-24)22-20(26)23-18(17)14-9-5-6-10-15(14)21/h5-6,9-10,18H,2-4,7-8,11-13H2,1H3,(H2,22,23,26)/t18-/m1/s1. The summed E-state index contributed by atoms with van der Waals surface area (Å²) < 4.78 is 5.30. The van der Waals surface area contributed by atoms with Gasteiger partial charge in [0.1, 0.15) is 0 Å². The van der Waals surface area contributed by atoms with Gasteiger partial charge in [-0.15, -0.1) is 0 Å². The SMILES string of the molecule is CCOC(=O)C1=C(CN2CCCCCC2)NC(=O)N[C@@H]1c1ccccc1Cl. The number of esters is 1. The highest BCUT2D eigenvalue weighted by atomic mass is 35.5. The van der Waals surface area contributed by atoms with Crippen LogP contribution < -0.4 is 10.6 Å². The molecule has 0 bridgehead atoms. The third-order valence-corrected chi connectivity index (χ3v) is 5.29. The van der Waals surface area contributed by atoms with Crippen LogP contribution in [-0.2, 0) is 9.53 Å². The van der Waals surface area contributed by atoms with E-state index in [1.165, 1.54) is 12.8 Å². The lowest BCUT2D eigenvalue weighted by Crippen LogP contribution is -2.48. The number of rotatable bonds is 5. The number of urea groups is 1. The van der Waals surface area contributed by atoms with E-state index in [4.69, 9.17) is 16.3 Å². The quantitative estimate of drug-likeness (QED) is 0.755. The van der Waals surface area contributed by atoms with Crippen LogP contribution in [0.25, 0.3) is 0 Å². The van der Waals surface area contributed by atoms with Gasteiger partial charge in [-0.25, -0.2) is 9.59 Å². The van der Waals surface area contributed by atoms with Gasteiger partial charge < -0.3 is 15.4 Å². The molecule has 2 heterocycles. The first-order valence-corrected chi connectivity index (χ1v) is 9.92. The van der Waals surface area contributed by atoms with Gasteiger partial charge in [0.15, 0.2) is 0 Å². The van der Waals surface area contributed by atoms with Crippen LogP contribution >= 0.6 is 11.6 Å². The number of nitrogens with zero attached hydrogens (tertiary/aromatic N) is 1. The average Bonchev–Trinajstić information content (AvgIpc) is 2.90. The maximum atomic E-state index is 12.8. The fraction of sp³-hybridized carbons (Fsp3) is 0.500. The van der Waals surface area contributed by atoms with Crippen molar-refractivity contribution in [3.05, 3.63) is 46.1 Å². The number of halogens is 1. The van der Waals surface area contributed by atoms with Crippen LogP contribution in [-0.4, -0.2) is 43.1 Å². The molecule has 1 atom stereocenters. The van der Waals surface area contributed by atoms with Gasteiger partial charge in [0.2, 0.25) is 0 Å². The van der Waals surface area contributed by atoms with Crippen molar-refractivity contribution in [2.24, 2.45) is 0 Å². The molecule has 7 heteroatoms.